The first-order valence-electron chi connectivity index (χ1n) is 7.23. The Balaban J connectivity index is 2.01. The van der Waals surface area contributed by atoms with Crippen LogP contribution in [0.25, 0.3) is 5.57 Å². The summed E-state index contributed by atoms with van der Waals surface area (Å²) in [7, 11) is 0. The van der Waals surface area contributed by atoms with Crippen molar-refractivity contribution in [1.82, 2.24) is 9.55 Å². The molecule has 0 bridgehead atoms. The van der Waals surface area contributed by atoms with Crippen LogP contribution in [0.15, 0.2) is 47.5 Å². The molecule has 0 saturated heterocycles. The summed E-state index contributed by atoms with van der Waals surface area (Å²) in [5, 5.41) is 12.2. The van der Waals surface area contributed by atoms with Gasteiger partial charge in [0.15, 0.2) is 0 Å². The maximum Gasteiger partial charge on any atom is 0.271 e. The molecule has 3 rings (SSSR count). The highest BCUT2D eigenvalue weighted by atomic mass is 16.1. The fourth-order valence-corrected chi connectivity index (χ4v) is 2.64. The summed E-state index contributed by atoms with van der Waals surface area (Å²) in [6.07, 6.45) is 4.96. The Kier molecular flexibility index (Phi) is 3.75. The Labute approximate surface area is 128 Å². The minimum atomic E-state index is -0.259. The van der Waals surface area contributed by atoms with Crippen molar-refractivity contribution in [1.29, 1.82) is 5.26 Å². The van der Waals surface area contributed by atoms with Crippen LogP contribution in [-0.4, -0.2) is 9.55 Å². The molecule has 1 aromatic carbocycles. The maximum atomic E-state index is 12.3. The molecule has 1 aromatic heterocycles. The summed E-state index contributed by atoms with van der Waals surface area (Å²) < 4.78 is 1.63. The number of hydrogen-bond donors (Lipinski definition) is 1. The Morgan fingerprint density at radius 2 is 2.18 bits per heavy atom. The van der Waals surface area contributed by atoms with E-state index in [-0.39, 0.29) is 17.2 Å². The molecule has 1 N–H and O–H groups in total. The standard InChI is InChI=1S/C17H16N4O/c1-12-7-8-13(10-19-15-5-3-2-4-6-15)16-20-11-14(9-18)17(22)21(12)16/h2-6,10-12,19H,7-8H2,1H3/b13-10+. The summed E-state index contributed by atoms with van der Waals surface area (Å²) in [4.78, 5) is 16.7. The lowest BCUT2D eigenvalue weighted by atomic mass is 10.0. The molecule has 5 heteroatoms. The first-order valence-corrected chi connectivity index (χ1v) is 7.23. The molecule has 1 aliphatic heterocycles. The zero-order valence-electron chi connectivity index (χ0n) is 12.3. The Morgan fingerprint density at radius 3 is 2.91 bits per heavy atom. The van der Waals surface area contributed by atoms with E-state index in [9.17, 15) is 4.79 Å². The number of benzene rings is 1. The van der Waals surface area contributed by atoms with Crippen molar-refractivity contribution in [3.05, 3.63) is 64.5 Å². The molecule has 0 spiro atoms. The summed E-state index contributed by atoms with van der Waals surface area (Å²) in [5.74, 6) is 0.645. The average Bonchev–Trinajstić information content (AvgIpc) is 2.55. The van der Waals surface area contributed by atoms with Gasteiger partial charge in [-0.3, -0.25) is 9.36 Å². The van der Waals surface area contributed by atoms with Crippen LogP contribution in [0.2, 0.25) is 0 Å². The van der Waals surface area contributed by atoms with E-state index < -0.39 is 0 Å². The number of hydrogen-bond acceptors (Lipinski definition) is 4. The zero-order chi connectivity index (χ0) is 15.5. The van der Waals surface area contributed by atoms with Gasteiger partial charge in [-0.15, -0.1) is 0 Å². The molecule has 1 aliphatic rings. The number of nitrogens with zero attached hydrogens (tertiary/aromatic N) is 3. The van der Waals surface area contributed by atoms with E-state index in [0.29, 0.717) is 5.82 Å². The molecule has 2 heterocycles. The van der Waals surface area contributed by atoms with Crippen LogP contribution in [0.4, 0.5) is 5.69 Å². The number of para-hydroxylation sites is 1. The molecule has 1 atom stereocenters. The summed E-state index contributed by atoms with van der Waals surface area (Å²) in [5.41, 5.74) is 1.79. The Hall–Kier alpha value is -2.87. The van der Waals surface area contributed by atoms with Gasteiger partial charge in [0, 0.05) is 23.5 Å². The van der Waals surface area contributed by atoms with Crippen molar-refractivity contribution in [2.45, 2.75) is 25.8 Å². The van der Waals surface area contributed by atoms with Gasteiger partial charge in [0.05, 0.1) is 6.20 Å². The van der Waals surface area contributed by atoms with Gasteiger partial charge >= 0.3 is 0 Å². The van der Waals surface area contributed by atoms with E-state index >= 15 is 0 Å². The molecule has 0 aliphatic carbocycles. The Bertz CT molecular complexity index is 815. The van der Waals surface area contributed by atoms with Gasteiger partial charge in [0.2, 0.25) is 0 Å². The SMILES string of the molecule is CC1CC/C(=C\Nc2ccccc2)c2ncc(C#N)c(=O)n21. The number of anilines is 1. The van der Waals surface area contributed by atoms with E-state index in [1.165, 1.54) is 6.20 Å². The van der Waals surface area contributed by atoms with Gasteiger partial charge in [-0.2, -0.15) is 5.26 Å². The van der Waals surface area contributed by atoms with E-state index in [4.69, 9.17) is 5.26 Å². The normalized spacial score (nSPS) is 18.5. The highest BCUT2D eigenvalue weighted by Gasteiger charge is 2.23. The quantitative estimate of drug-likeness (QED) is 0.924. The van der Waals surface area contributed by atoms with E-state index in [1.807, 2.05) is 49.5 Å². The lowest BCUT2D eigenvalue weighted by molar-refractivity contribution is 0.462. The molecule has 22 heavy (non-hydrogen) atoms. The second-order valence-corrected chi connectivity index (χ2v) is 5.35. The molecular formula is C17H16N4O. The van der Waals surface area contributed by atoms with Gasteiger partial charge < -0.3 is 5.32 Å². The molecule has 5 nitrogen and oxygen atoms in total. The number of fused-ring (bicyclic) bond motifs is 1. The largest absolute Gasteiger partial charge is 0.361 e. The van der Waals surface area contributed by atoms with Gasteiger partial charge in [0.25, 0.3) is 5.56 Å². The fourth-order valence-electron chi connectivity index (χ4n) is 2.64. The minimum Gasteiger partial charge on any atom is -0.361 e. The third-order valence-corrected chi connectivity index (χ3v) is 3.86. The van der Waals surface area contributed by atoms with Crippen LogP contribution in [-0.2, 0) is 0 Å². The van der Waals surface area contributed by atoms with Crippen molar-refractivity contribution in [3.8, 4) is 6.07 Å². The van der Waals surface area contributed by atoms with Gasteiger partial charge in [-0.25, -0.2) is 4.98 Å². The second-order valence-electron chi connectivity index (χ2n) is 5.35. The first kappa shape index (κ1) is 14.1. The first-order chi connectivity index (χ1) is 10.7. The summed E-state index contributed by atoms with van der Waals surface area (Å²) >= 11 is 0. The number of nitriles is 1. The number of aromatic nitrogens is 2. The van der Waals surface area contributed by atoms with Crippen molar-refractivity contribution < 1.29 is 0 Å². The predicted molar refractivity (Wildman–Crippen MR) is 85.2 cm³/mol. The number of allylic oxidation sites excluding steroid dienone is 1. The Morgan fingerprint density at radius 1 is 1.41 bits per heavy atom. The van der Waals surface area contributed by atoms with Gasteiger partial charge in [-0.1, -0.05) is 18.2 Å². The lowest BCUT2D eigenvalue weighted by Crippen LogP contribution is -2.32. The van der Waals surface area contributed by atoms with Crippen LogP contribution >= 0.6 is 0 Å². The van der Waals surface area contributed by atoms with E-state index in [2.05, 4.69) is 10.3 Å². The molecule has 110 valence electrons. The maximum absolute atomic E-state index is 12.3. The lowest BCUT2D eigenvalue weighted by Gasteiger charge is -2.26. The van der Waals surface area contributed by atoms with Crippen LogP contribution in [0.5, 0.6) is 0 Å². The number of rotatable bonds is 2. The van der Waals surface area contributed by atoms with Crippen LogP contribution in [0.3, 0.4) is 0 Å². The minimum absolute atomic E-state index is 0.0529. The highest BCUT2D eigenvalue weighted by Crippen LogP contribution is 2.29. The molecule has 0 fully saturated rings. The highest BCUT2D eigenvalue weighted by molar-refractivity contribution is 5.65. The summed E-state index contributed by atoms with van der Waals surface area (Å²) in [6, 6.07) is 11.8. The van der Waals surface area contributed by atoms with Crippen molar-refractivity contribution >= 4 is 11.3 Å². The third-order valence-electron chi connectivity index (χ3n) is 3.86. The average molecular weight is 292 g/mol. The van der Waals surface area contributed by atoms with E-state index in [0.717, 1.165) is 24.1 Å². The molecule has 0 saturated carbocycles. The molecule has 1 unspecified atom stereocenters. The number of nitrogens with one attached hydrogen (secondary N) is 1. The van der Waals surface area contributed by atoms with Crippen LogP contribution in [0, 0.1) is 11.3 Å². The van der Waals surface area contributed by atoms with Gasteiger partial charge in [-0.05, 0) is 31.9 Å². The molecule has 0 amide bonds. The van der Waals surface area contributed by atoms with Crippen molar-refractivity contribution in [2.75, 3.05) is 5.32 Å². The van der Waals surface area contributed by atoms with Crippen molar-refractivity contribution in [3.63, 3.8) is 0 Å². The topological polar surface area (TPSA) is 70.7 Å². The molecule has 0 radical (unpaired) electrons. The van der Waals surface area contributed by atoms with Crippen LogP contribution < -0.4 is 10.9 Å². The monoisotopic (exact) mass is 292 g/mol. The zero-order valence-corrected chi connectivity index (χ0v) is 12.3. The van der Waals surface area contributed by atoms with Crippen LogP contribution in [0.1, 0.15) is 37.2 Å². The fraction of sp³-hybridized carbons (Fsp3) is 0.235. The molecular weight excluding hydrogens is 276 g/mol. The smallest absolute Gasteiger partial charge is 0.271 e. The van der Waals surface area contributed by atoms with Gasteiger partial charge in [0.1, 0.15) is 17.5 Å². The molecule has 2 aromatic rings. The van der Waals surface area contributed by atoms with Crippen molar-refractivity contribution in [2.24, 2.45) is 0 Å². The summed E-state index contributed by atoms with van der Waals surface area (Å²) in [6.45, 7) is 1.98. The van der Waals surface area contributed by atoms with E-state index in [1.54, 1.807) is 4.57 Å². The second kappa shape index (κ2) is 5.86. The predicted octanol–water partition coefficient (Wildman–Crippen LogP) is 2.92. The third kappa shape index (κ3) is 2.51.